The molecule has 2 heterocycles. The zero-order valence-electron chi connectivity index (χ0n) is 21.5. The molecule has 0 radical (unpaired) electrons. The molecule has 0 saturated carbocycles. The van der Waals surface area contributed by atoms with E-state index in [9.17, 15) is 17.6 Å². The van der Waals surface area contributed by atoms with Gasteiger partial charge in [-0.1, -0.05) is 36.4 Å². The minimum atomic E-state index is -3.47. The highest BCUT2D eigenvalue weighted by atomic mass is 32.2. The monoisotopic (exact) mass is 550 g/mol. The Labute approximate surface area is 227 Å². The molecule has 5 rings (SSSR count). The molecule has 0 spiro atoms. The van der Waals surface area contributed by atoms with Crippen LogP contribution in [0.2, 0.25) is 0 Å². The fraction of sp³-hybridized carbons (Fsp3) is 0.310. The zero-order valence-corrected chi connectivity index (χ0v) is 22.3. The molecular formula is C29H31FN4O4S. The quantitative estimate of drug-likeness (QED) is 0.418. The smallest absolute Gasteiger partial charge is 0.251 e. The Hall–Kier alpha value is -3.60. The lowest BCUT2D eigenvalue weighted by atomic mass is 10.0. The minimum absolute atomic E-state index is 0.0527. The van der Waals surface area contributed by atoms with E-state index in [1.807, 2.05) is 30.4 Å². The third-order valence-corrected chi connectivity index (χ3v) is 8.08. The van der Waals surface area contributed by atoms with Crippen molar-refractivity contribution in [3.05, 3.63) is 95.1 Å². The Morgan fingerprint density at radius 3 is 2.59 bits per heavy atom. The van der Waals surface area contributed by atoms with E-state index >= 15 is 0 Å². The summed E-state index contributed by atoms with van der Waals surface area (Å²) in [5.41, 5.74) is 4.20. The van der Waals surface area contributed by atoms with Crippen molar-refractivity contribution < 1.29 is 22.3 Å². The average molecular weight is 551 g/mol. The molecule has 0 bridgehead atoms. The summed E-state index contributed by atoms with van der Waals surface area (Å²) in [4.78, 5) is 13.2. The molecule has 39 heavy (non-hydrogen) atoms. The van der Waals surface area contributed by atoms with Crippen LogP contribution in [0.3, 0.4) is 0 Å². The van der Waals surface area contributed by atoms with Crippen LogP contribution >= 0.6 is 0 Å². The molecule has 1 aliphatic heterocycles. The van der Waals surface area contributed by atoms with Crippen LogP contribution in [0, 0.1) is 5.82 Å². The molecule has 1 amide bonds. The van der Waals surface area contributed by atoms with Crippen molar-refractivity contribution in [2.45, 2.75) is 44.1 Å². The predicted octanol–water partition coefficient (Wildman–Crippen LogP) is 4.12. The standard InChI is InChI=1S/C29H31FN4O4S/c30-23-12-14-24(15-13-23)34-28-7-3-1-2-6-26(27(28)19-32-34)29(35)31-17-21-8-10-22(11-9-21)20-39(36,37)33-18-25-5-4-16-38-25/h3,6-15,19,25,33H,1-2,4-5,16-18,20H2,(H,31,35). The van der Waals surface area contributed by atoms with Gasteiger partial charge in [0.2, 0.25) is 10.0 Å². The maximum absolute atomic E-state index is 13.4. The molecule has 10 heteroatoms. The second-order valence-electron chi connectivity index (χ2n) is 9.67. The molecule has 1 aliphatic carbocycles. The number of hydrogen-bond acceptors (Lipinski definition) is 5. The Morgan fingerprint density at radius 1 is 1.08 bits per heavy atom. The van der Waals surface area contributed by atoms with Crippen LogP contribution in [-0.4, -0.2) is 43.4 Å². The van der Waals surface area contributed by atoms with E-state index in [4.69, 9.17) is 4.74 Å². The van der Waals surface area contributed by atoms with Crippen LogP contribution in [0.5, 0.6) is 0 Å². The number of sulfonamides is 1. The van der Waals surface area contributed by atoms with Crippen molar-refractivity contribution in [1.29, 1.82) is 0 Å². The van der Waals surface area contributed by atoms with Gasteiger partial charge in [0, 0.05) is 30.8 Å². The number of benzene rings is 2. The Kier molecular flexibility index (Phi) is 8.35. The van der Waals surface area contributed by atoms with Crippen LogP contribution in [-0.2, 0) is 31.9 Å². The number of nitrogens with zero attached hydrogens (tertiary/aromatic N) is 2. The van der Waals surface area contributed by atoms with Gasteiger partial charge in [-0.25, -0.2) is 22.2 Å². The number of ether oxygens (including phenoxy) is 1. The average Bonchev–Trinajstić information content (AvgIpc) is 3.58. The lowest BCUT2D eigenvalue weighted by molar-refractivity contribution is -0.115. The number of amides is 1. The number of carbonyl (C=O) groups is 1. The van der Waals surface area contributed by atoms with Crippen molar-refractivity contribution >= 4 is 27.6 Å². The molecule has 2 N–H and O–H groups in total. The lowest BCUT2D eigenvalue weighted by Crippen LogP contribution is -2.32. The maximum atomic E-state index is 13.4. The van der Waals surface area contributed by atoms with Gasteiger partial charge in [-0.05, 0) is 67.2 Å². The normalized spacial score (nSPS) is 17.3. The number of fused-ring (bicyclic) bond motifs is 1. The van der Waals surface area contributed by atoms with Crippen molar-refractivity contribution in [1.82, 2.24) is 19.8 Å². The highest BCUT2D eigenvalue weighted by Crippen LogP contribution is 2.27. The summed E-state index contributed by atoms with van der Waals surface area (Å²) in [6.45, 7) is 1.26. The van der Waals surface area contributed by atoms with Gasteiger partial charge in [-0.2, -0.15) is 5.10 Å². The van der Waals surface area contributed by atoms with Crippen LogP contribution in [0.15, 0.2) is 66.9 Å². The van der Waals surface area contributed by atoms with E-state index in [1.54, 1.807) is 35.1 Å². The van der Waals surface area contributed by atoms with Crippen molar-refractivity contribution in [2.75, 3.05) is 13.2 Å². The third-order valence-electron chi connectivity index (χ3n) is 6.76. The third kappa shape index (κ3) is 6.89. The molecule has 1 atom stereocenters. The highest BCUT2D eigenvalue weighted by Gasteiger charge is 2.21. The zero-order chi connectivity index (χ0) is 27.2. The minimum Gasteiger partial charge on any atom is -0.377 e. The highest BCUT2D eigenvalue weighted by molar-refractivity contribution is 7.88. The van der Waals surface area contributed by atoms with Gasteiger partial charge in [0.1, 0.15) is 5.82 Å². The van der Waals surface area contributed by atoms with E-state index < -0.39 is 10.0 Å². The first-order valence-electron chi connectivity index (χ1n) is 13.0. The Bertz CT molecular complexity index is 1470. The van der Waals surface area contributed by atoms with Gasteiger partial charge >= 0.3 is 0 Å². The van der Waals surface area contributed by atoms with Gasteiger partial charge in [0.25, 0.3) is 5.91 Å². The molecule has 2 aliphatic rings. The summed E-state index contributed by atoms with van der Waals surface area (Å²) >= 11 is 0. The Balaban J connectivity index is 1.22. The molecule has 1 aromatic heterocycles. The first-order chi connectivity index (χ1) is 18.9. The lowest BCUT2D eigenvalue weighted by Gasteiger charge is -2.13. The molecule has 204 valence electrons. The van der Waals surface area contributed by atoms with Crippen molar-refractivity contribution in [3.63, 3.8) is 0 Å². The topological polar surface area (TPSA) is 102 Å². The van der Waals surface area contributed by atoms with Crippen LogP contribution in [0.25, 0.3) is 17.3 Å². The molecule has 3 aromatic rings. The van der Waals surface area contributed by atoms with Crippen LogP contribution in [0.1, 0.15) is 48.1 Å². The second kappa shape index (κ2) is 12.1. The maximum Gasteiger partial charge on any atom is 0.251 e. The van der Waals surface area contributed by atoms with E-state index in [0.29, 0.717) is 42.0 Å². The van der Waals surface area contributed by atoms with Gasteiger partial charge < -0.3 is 10.1 Å². The fourth-order valence-corrected chi connectivity index (χ4v) is 5.86. The number of aromatic nitrogens is 2. The van der Waals surface area contributed by atoms with Gasteiger partial charge in [0.15, 0.2) is 0 Å². The first kappa shape index (κ1) is 27.0. The summed E-state index contributed by atoms with van der Waals surface area (Å²) in [5, 5.41) is 7.44. The van der Waals surface area contributed by atoms with Crippen molar-refractivity contribution in [3.8, 4) is 5.69 Å². The number of rotatable bonds is 9. The van der Waals surface area contributed by atoms with E-state index in [1.165, 1.54) is 12.1 Å². The predicted molar refractivity (Wildman–Crippen MR) is 148 cm³/mol. The Morgan fingerprint density at radius 2 is 1.85 bits per heavy atom. The van der Waals surface area contributed by atoms with Gasteiger partial charge in [-0.3, -0.25) is 4.79 Å². The number of carbonyl (C=O) groups excluding carboxylic acids is 1. The number of hydrogen-bond donors (Lipinski definition) is 2. The largest absolute Gasteiger partial charge is 0.377 e. The van der Waals surface area contributed by atoms with E-state index in [2.05, 4.69) is 15.1 Å². The van der Waals surface area contributed by atoms with Crippen molar-refractivity contribution in [2.24, 2.45) is 0 Å². The van der Waals surface area contributed by atoms with Crippen LogP contribution < -0.4 is 10.0 Å². The summed E-state index contributed by atoms with van der Waals surface area (Å²) < 4.78 is 48.1. The molecule has 1 fully saturated rings. The molecule has 8 nitrogen and oxygen atoms in total. The SMILES string of the molecule is O=C(NCc1ccc(CS(=O)(=O)NCC2CCCO2)cc1)C1=CCCC=Cc2c1cnn2-c1ccc(F)cc1. The fourth-order valence-electron chi connectivity index (χ4n) is 4.68. The number of halogens is 1. The van der Waals surface area contributed by atoms with E-state index in [0.717, 1.165) is 30.5 Å². The summed E-state index contributed by atoms with van der Waals surface area (Å²) in [5.74, 6) is -0.673. The number of allylic oxidation sites excluding steroid dienone is 2. The van der Waals surface area contributed by atoms with Gasteiger partial charge in [-0.15, -0.1) is 0 Å². The first-order valence-corrected chi connectivity index (χ1v) is 14.7. The van der Waals surface area contributed by atoms with E-state index in [-0.39, 0.29) is 30.1 Å². The molecule has 1 saturated heterocycles. The molecular weight excluding hydrogens is 519 g/mol. The second-order valence-corrected chi connectivity index (χ2v) is 11.5. The molecule has 2 aromatic carbocycles. The van der Waals surface area contributed by atoms with Gasteiger partial charge in [0.05, 0.1) is 29.4 Å². The summed E-state index contributed by atoms with van der Waals surface area (Å²) in [6, 6.07) is 13.2. The van der Waals surface area contributed by atoms with Crippen LogP contribution in [0.4, 0.5) is 4.39 Å². The molecule has 1 unspecified atom stereocenters. The summed E-state index contributed by atoms with van der Waals surface area (Å²) in [6.07, 6.45) is 10.8. The summed E-state index contributed by atoms with van der Waals surface area (Å²) in [7, 11) is -3.47. The number of nitrogens with one attached hydrogen (secondary N) is 2.